The fraction of sp³-hybridized carbons (Fsp3) is 0.100. The van der Waals surface area contributed by atoms with E-state index >= 15 is 0 Å². The third kappa shape index (κ3) is 4.22. The number of hydrogen-bond acceptors (Lipinski definition) is 3. The van der Waals surface area contributed by atoms with Gasteiger partial charge in [0.2, 0.25) is 0 Å². The van der Waals surface area contributed by atoms with Gasteiger partial charge in [0, 0.05) is 12.6 Å². The molecule has 6 heteroatoms. The molecule has 0 bridgehead atoms. The van der Waals surface area contributed by atoms with Crippen molar-refractivity contribution < 1.29 is 13.6 Å². The lowest BCUT2D eigenvalue weighted by Gasteiger charge is -2.09. The van der Waals surface area contributed by atoms with Gasteiger partial charge in [-0.2, -0.15) is 0 Å². The summed E-state index contributed by atoms with van der Waals surface area (Å²) in [5.41, 5.74) is 3.01. The number of pyridine rings is 1. The van der Waals surface area contributed by atoms with E-state index in [-0.39, 0.29) is 17.3 Å². The molecule has 4 nitrogen and oxygen atoms in total. The number of anilines is 2. The van der Waals surface area contributed by atoms with Crippen molar-refractivity contribution in [2.24, 2.45) is 0 Å². The highest BCUT2D eigenvalue weighted by Gasteiger charge is 2.09. The summed E-state index contributed by atoms with van der Waals surface area (Å²) >= 11 is 0. The minimum absolute atomic E-state index is 0.130. The first-order valence-electron chi connectivity index (χ1n) is 8.04. The standard InChI is InChI=1S/C20H17F2N3O/c1-13-4-2-3-5-14(13)11-24-20(26)19-9-7-16(12-23-19)25-18-8-6-15(21)10-17(18)22/h2-10,12,25H,11H2,1H3,(H,24,26). The number of carbonyl (C=O) groups is 1. The average Bonchev–Trinajstić information content (AvgIpc) is 2.64. The van der Waals surface area contributed by atoms with Gasteiger partial charge < -0.3 is 10.6 Å². The molecule has 132 valence electrons. The highest BCUT2D eigenvalue weighted by atomic mass is 19.1. The quantitative estimate of drug-likeness (QED) is 0.717. The van der Waals surface area contributed by atoms with Gasteiger partial charge in [-0.15, -0.1) is 0 Å². The van der Waals surface area contributed by atoms with Crippen LogP contribution in [0.25, 0.3) is 0 Å². The zero-order valence-electron chi connectivity index (χ0n) is 14.1. The molecular weight excluding hydrogens is 336 g/mol. The van der Waals surface area contributed by atoms with Crippen LogP contribution in [0.1, 0.15) is 21.6 Å². The average molecular weight is 353 g/mol. The minimum Gasteiger partial charge on any atom is -0.352 e. The van der Waals surface area contributed by atoms with Crippen LogP contribution < -0.4 is 10.6 Å². The predicted molar refractivity (Wildman–Crippen MR) is 96.2 cm³/mol. The van der Waals surface area contributed by atoms with E-state index in [0.29, 0.717) is 12.2 Å². The summed E-state index contributed by atoms with van der Waals surface area (Å²) in [4.78, 5) is 16.3. The molecule has 0 spiro atoms. The number of carbonyl (C=O) groups excluding carboxylic acids is 1. The summed E-state index contributed by atoms with van der Waals surface area (Å²) in [6.07, 6.45) is 1.42. The van der Waals surface area contributed by atoms with E-state index in [1.807, 2.05) is 31.2 Å². The fourth-order valence-electron chi connectivity index (χ4n) is 2.42. The fourth-order valence-corrected chi connectivity index (χ4v) is 2.42. The molecule has 0 saturated carbocycles. The van der Waals surface area contributed by atoms with Crippen molar-refractivity contribution in [1.82, 2.24) is 10.3 Å². The maximum Gasteiger partial charge on any atom is 0.270 e. The van der Waals surface area contributed by atoms with Crippen LogP contribution in [0.3, 0.4) is 0 Å². The van der Waals surface area contributed by atoms with Crippen molar-refractivity contribution >= 4 is 17.3 Å². The first kappa shape index (κ1) is 17.5. The number of aromatic nitrogens is 1. The van der Waals surface area contributed by atoms with Crippen LogP contribution in [0.5, 0.6) is 0 Å². The molecule has 2 aromatic carbocycles. The molecule has 3 rings (SSSR count). The molecule has 0 aliphatic heterocycles. The highest BCUT2D eigenvalue weighted by molar-refractivity contribution is 5.92. The number of halogens is 2. The number of rotatable bonds is 5. The van der Waals surface area contributed by atoms with Crippen LogP contribution >= 0.6 is 0 Å². The van der Waals surface area contributed by atoms with E-state index in [1.165, 1.54) is 18.3 Å². The third-order valence-corrected chi connectivity index (χ3v) is 3.91. The molecule has 0 unspecified atom stereocenters. The van der Waals surface area contributed by atoms with Crippen LogP contribution in [0.2, 0.25) is 0 Å². The van der Waals surface area contributed by atoms with Crippen LogP contribution in [0.15, 0.2) is 60.8 Å². The van der Waals surface area contributed by atoms with Crippen molar-refractivity contribution in [1.29, 1.82) is 0 Å². The molecule has 3 aromatic rings. The van der Waals surface area contributed by atoms with Gasteiger partial charge in [-0.3, -0.25) is 4.79 Å². The topological polar surface area (TPSA) is 54.0 Å². The number of benzene rings is 2. The Hall–Kier alpha value is -3.28. The summed E-state index contributed by atoms with van der Waals surface area (Å²) < 4.78 is 26.6. The third-order valence-electron chi connectivity index (χ3n) is 3.91. The van der Waals surface area contributed by atoms with Gasteiger partial charge in [-0.05, 0) is 42.3 Å². The summed E-state index contributed by atoms with van der Waals surface area (Å²) in [5, 5.41) is 5.61. The Balaban J connectivity index is 1.63. The molecule has 0 saturated heterocycles. The lowest BCUT2D eigenvalue weighted by Crippen LogP contribution is -2.24. The first-order valence-corrected chi connectivity index (χ1v) is 8.04. The Morgan fingerprint density at radius 2 is 1.88 bits per heavy atom. The van der Waals surface area contributed by atoms with Crippen molar-refractivity contribution in [3.63, 3.8) is 0 Å². The second kappa shape index (κ2) is 7.74. The molecule has 0 fully saturated rings. The first-order chi connectivity index (χ1) is 12.5. The zero-order valence-corrected chi connectivity index (χ0v) is 14.1. The summed E-state index contributed by atoms with van der Waals surface area (Å²) in [7, 11) is 0. The second-order valence-corrected chi connectivity index (χ2v) is 5.79. The number of nitrogens with zero attached hydrogens (tertiary/aromatic N) is 1. The van der Waals surface area contributed by atoms with E-state index in [1.54, 1.807) is 6.07 Å². The van der Waals surface area contributed by atoms with E-state index < -0.39 is 11.6 Å². The van der Waals surface area contributed by atoms with Gasteiger partial charge in [0.25, 0.3) is 5.91 Å². The maximum atomic E-state index is 13.7. The molecule has 0 aliphatic rings. The highest BCUT2D eigenvalue weighted by Crippen LogP contribution is 2.20. The molecular formula is C20H17F2N3O. The Labute approximate surface area is 149 Å². The van der Waals surface area contributed by atoms with Crippen molar-refractivity contribution in [3.05, 3.63) is 89.2 Å². The Morgan fingerprint density at radius 1 is 1.08 bits per heavy atom. The van der Waals surface area contributed by atoms with Crippen molar-refractivity contribution in [2.75, 3.05) is 5.32 Å². The van der Waals surface area contributed by atoms with E-state index in [9.17, 15) is 13.6 Å². The molecule has 0 atom stereocenters. The van der Waals surface area contributed by atoms with Crippen LogP contribution in [-0.4, -0.2) is 10.9 Å². The number of nitrogens with one attached hydrogen (secondary N) is 2. The number of aryl methyl sites for hydroxylation is 1. The number of hydrogen-bond donors (Lipinski definition) is 2. The molecule has 1 amide bonds. The molecule has 1 aromatic heterocycles. The Kier molecular flexibility index (Phi) is 5.22. The van der Waals surface area contributed by atoms with Crippen LogP contribution in [0, 0.1) is 18.6 Å². The van der Waals surface area contributed by atoms with Gasteiger partial charge >= 0.3 is 0 Å². The predicted octanol–water partition coefficient (Wildman–Crippen LogP) is 4.34. The van der Waals surface area contributed by atoms with Gasteiger partial charge in [-0.25, -0.2) is 13.8 Å². The van der Waals surface area contributed by atoms with Gasteiger partial charge in [-0.1, -0.05) is 24.3 Å². The van der Waals surface area contributed by atoms with E-state index in [4.69, 9.17) is 0 Å². The van der Waals surface area contributed by atoms with Gasteiger partial charge in [0.1, 0.15) is 17.3 Å². The van der Waals surface area contributed by atoms with Crippen molar-refractivity contribution in [3.8, 4) is 0 Å². The number of amides is 1. The lowest BCUT2D eigenvalue weighted by atomic mass is 10.1. The normalized spacial score (nSPS) is 10.4. The van der Waals surface area contributed by atoms with E-state index in [2.05, 4.69) is 15.6 Å². The Bertz CT molecular complexity index is 927. The molecule has 0 aliphatic carbocycles. The molecule has 1 heterocycles. The minimum atomic E-state index is -0.704. The maximum absolute atomic E-state index is 13.7. The lowest BCUT2D eigenvalue weighted by molar-refractivity contribution is 0.0946. The summed E-state index contributed by atoms with van der Waals surface area (Å²) in [6.45, 7) is 2.39. The van der Waals surface area contributed by atoms with Crippen molar-refractivity contribution in [2.45, 2.75) is 13.5 Å². The molecule has 0 radical (unpaired) electrons. The zero-order chi connectivity index (χ0) is 18.5. The van der Waals surface area contributed by atoms with E-state index in [0.717, 1.165) is 23.3 Å². The second-order valence-electron chi connectivity index (χ2n) is 5.79. The monoisotopic (exact) mass is 353 g/mol. The SMILES string of the molecule is Cc1ccccc1CNC(=O)c1ccc(Nc2ccc(F)cc2F)cn1. The van der Waals surface area contributed by atoms with Crippen LogP contribution in [0.4, 0.5) is 20.2 Å². The molecule has 2 N–H and O–H groups in total. The largest absolute Gasteiger partial charge is 0.352 e. The smallest absolute Gasteiger partial charge is 0.270 e. The van der Waals surface area contributed by atoms with Gasteiger partial charge in [0.05, 0.1) is 17.6 Å². The summed E-state index contributed by atoms with van der Waals surface area (Å²) in [6, 6.07) is 14.2. The summed E-state index contributed by atoms with van der Waals surface area (Å²) in [5.74, 6) is -1.65. The van der Waals surface area contributed by atoms with Gasteiger partial charge in [0.15, 0.2) is 0 Å². The Morgan fingerprint density at radius 3 is 2.58 bits per heavy atom. The van der Waals surface area contributed by atoms with Crippen LogP contribution in [-0.2, 0) is 6.54 Å². The molecule has 26 heavy (non-hydrogen) atoms.